The van der Waals surface area contributed by atoms with Gasteiger partial charge >= 0.3 is 0 Å². The minimum atomic E-state index is -0.396. The molecular weight excluding hydrogens is 517 g/mol. The van der Waals surface area contributed by atoms with E-state index in [0.29, 0.717) is 59.0 Å². The molecule has 0 radical (unpaired) electrons. The van der Waals surface area contributed by atoms with Crippen molar-refractivity contribution in [2.45, 2.75) is 0 Å². The quantitative estimate of drug-likeness (QED) is 0.423. The fourth-order valence-corrected chi connectivity index (χ4v) is 4.07. The average Bonchev–Trinajstić information content (AvgIpc) is 2.87. The van der Waals surface area contributed by atoms with E-state index >= 15 is 0 Å². The van der Waals surface area contributed by atoms with E-state index in [-0.39, 0.29) is 10.4 Å². The molecule has 2 N–H and O–H groups in total. The molecule has 0 unspecified atom stereocenters. The van der Waals surface area contributed by atoms with Gasteiger partial charge in [-0.1, -0.05) is 6.08 Å². The Morgan fingerprint density at radius 2 is 2.14 bits per heavy atom. The topological polar surface area (TPSA) is 99.5 Å². The number of morpholine rings is 1. The lowest BCUT2D eigenvalue weighted by atomic mass is 10.1. The van der Waals surface area contributed by atoms with Crippen LogP contribution in [0.5, 0.6) is 5.75 Å². The minimum Gasteiger partial charge on any atom is -0.494 e. The monoisotopic (exact) mass is 539 g/mol. The number of rotatable bonds is 7. The zero-order valence-corrected chi connectivity index (χ0v) is 20.6. The summed E-state index contributed by atoms with van der Waals surface area (Å²) < 4.78 is 24.8. The molecule has 0 saturated carbocycles. The second kappa shape index (κ2) is 11.3. The maximum absolute atomic E-state index is 13.7. The van der Waals surface area contributed by atoms with E-state index in [4.69, 9.17) is 9.47 Å². The van der Waals surface area contributed by atoms with Crippen LogP contribution in [0, 0.1) is 17.1 Å². The molecule has 0 spiro atoms. The Balaban J connectivity index is 1.63. The van der Waals surface area contributed by atoms with Crippen molar-refractivity contribution in [3.8, 4) is 11.8 Å². The molecule has 10 heteroatoms. The predicted molar refractivity (Wildman–Crippen MR) is 135 cm³/mol. The van der Waals surface area contributed by atoms with Gasteiger partial charge in [0.15, 0.2) is 0 Å². The maximum Gasteiger partial charge on any atom is 0.248 e. The lowest BCUT2D eigenvalue weighted by Crippen LogP contribution is -2.36. The second-order valence-corrected chi connectivity index (χ2v) is 8.64. The summed E-state index contributed by atoms with van der Waals surface area (Å²) in [4.78, 5) is 19.2. The van der Waals surface area contributed by atoms with E-state index in [9.17, 15) is 14.4 Å². The van der Waals surface area contributed by atoms with Gasteiger partial charge in [-0.2, -0.15) is 5.26 Å². The summed E-state index contributed by atoms with van der Waals surface area (Å²) in [5.74, 6) is -0.274. The third kappa shape index (κ3) is 5.95. The Kier molecular flexibility index (Phi) is 7.92. The van der Waals surface area contributed by atoms with Gasteiger partial charge in [0.2, 0.25) is 5.91 Å². The highest BCUT2D eigenvalue weighted by Gasteiger charge is 2.15. The van der Waals surface area contributed by atoms with E-state index in [2.05, 4.69) is 42.5 Å². The van der Waals surface area contributed by atoms with Crippen LogP contribution >= 0.6 is 15.9 Å². The van der Waals surface area contributed by atoms with E-state index in [0.717, 1.165) is 13.1 Å². The van der Waals surface area contributed by atoms with Gasteiger partial charge in [0.05, 0.1) is 47.3 Å². The maximum atomic E-state index is 13.7. The molecule has 8 nitrogen and oxygen atoms in total. The van der Waals surface area contributed by atoms with E-state index in [1.165, 1.54) is 25.4 Å². The summed E-state index contributed by atoms with van der Waals surface area (Å²) in [6.45, 7) is 3.71. The fraction of sp³-hybridized carbons (Fsp3) is 0.240. The predicted octanol–water partition coefficient (Wildman–Crippen LogP) is 4.59. The van der Waals surface area contributed by atoms with Gasteiger partial charge in [0, 0.05) is 49.0 Å². The molecule has 4 rings (SSSR count). The molecule has 3 aromatic rings. The number of pyridine rings is 1. The average molecular weight is 540 g/mol. The van der Waals surface area contributed by atoms with Crippen LogP contribution in [0.2, 0.25) is 0 Å². The van der Waals surface area contributed by atoms with Crippen LogP contribution < -0.4 is 15.4 Å². The second-order valence-electron chi connectivity index (χ2n) is 7.79. The number of hydrogen-bond donors (Lipinski definition) is 2. The zero-order valence-electron chi connectivity index (χ0n) is 19.0. The van der Waals surface area contributed by atoms with Crippen LogP contribution in [-0.4, -0.2) is 55.7 Å². The number of methoxy groups -OCH3 is 1. The number of benzene rings is 2. The molecule has 180 valence electrons. The molecule has 0 atom stereocenters. The van der Waals surface area contributed by atoms with E-state index in [1.54, 1.807) is 24.3 Å². The largest absolute Gasteiger partial charge is 0.494 e. The summed E-state index contributed by atoms with van der Waals surface area (Å²) in [6.07, 6.45) is 4.75. The fourth-order valence-electron chi connectivity index (χ4n) is 3.69. The Hall–Kier alpha value is -3.52. The first-order chi connectivity index (χ1) is 17.0. The van der Waals surface area contributed by atoms with Gasteiger partial charge in [-0.05, 0) is 40.2 Å². The lowest BCUT2D eigenvalue weighted by molar-refractivity contribution is -0.111. The first-order valence-corrected chi connectivity index (χ1v) is 11.7. The Morgan fingerprint density at radius 3 is 2.86 bits per heavy atom. The van der Waals surface area contributed by atoms with Crippen LogP contribution in [0.1, 0.15) is 5.56 Å². The summed E-state index contributed by atoms with van der Waals surface area (Å²) in [7, 11) is 1.50. The third-order valence-electron chi connectivity index (χ3n) is 5.49. The highest BCUT2D eigenvalue weighted by atomic mass is 79.9. The van der Waals surface area contributed by atoms with Crippen molar-refractivity contribution in [3.63, 3.8) is 0 Å². The number of hydrogen-bond acceptors (Lipinski definition) is 7. The molecule has 2 aromatic carbocycles. The van der Waals surface area contributed by atoms with Crippen LogP contribution in [0.4, 0.5) is 21.5 Å². The summed E-state index contributed by atoms with van der Waals surface area (Å²) >= 11 is 3.18. The number of halogens is 2. The summed E-state index contributed by atoms with van der Waals surface area (Å²) in [5.41, 5.74) is 2.35. The molecule has 1 aliphatic heterocycles. The molecule has 0 bridgehead atoms. The first-order valence-electron chi connectivity index (χ1n) is 10.9. The number of nitrogens with one attached hydrogen (secondary N) is 2. The molecule has 35 heavy (non-hydrogen) atoms. The van der Waals surface area contributed by atoms with Crippen molar-refractivity contribution >= 4 is 49.8 Å². The van der Waals surface area contributed by atoms with E-state index in [1.807, 2.05) is 6.08 Å². The minimum absolute atomic E-state index is 0.290. The summed E-state index contributed by atoms with van der Waals surface area (Å²) in [6, 6.07) is 9.99. The van der Waals surface area contributed by atoms with Gasteiger partial charge in [-0.25, -0.2) is 4.39 Å². The van der Waals surface area contributed by atoms with Gasteiger partial charge < -0.3 is 20.1 Å². The van der Waals surface area contributed by atoms with Gasteiger partial charge in [-0.15, -0.1) is 0 Å². The van der Waals surface area contributed by atoms with Crippen LogP contribution in [0.3, 0.4) is 0 Å². The molecular formula is C25H23BrFN5O3. The number of carbonyl (C=O) groups excluding carboxylic acids is 1. The van der Waals surface area contributed by atoms with Crippen LogP contribution in [-0.2, 0) is 9.53 Å². The zero-order chi connectivity index (χ0) is 24.8. The summed E-state index contributed by atoms with van der Waals surface area (Å²) in [5, 5.41) is 16.3. The lowest BCUT2D eigenvalue weighted by Gasteiger charge is -2.25. The number of anilines is 3. The van der Waals surface area contributed by atoms with Gasteiger partial charge in [0.1, 0.15) is 17.6 Å². The Morgan fingerprint density at radius 1 is 1.34 bits per heavy atom. The van der Waals surface area contributed by atoms with Crippen molar-refractivity contribution in [2.24, 2.45) is 0 Å². The molecule has 1 amide bonds. The SMILES string of the molecule is COc1cc2ncc(C#N)c(Nc3ccc(F)c(Br)c3)c2cc1NC(=O)/C=C/CN1CCOCC1. The van der Waals surface area contributed by atoms with Crippen molar-refractivity contribution in [1.82, 2.24) is 9.88 Å². The number of ether oxygens (including phenoxy) is 2. The highest BCUT2D eigenvalue weighted by Crippen LogP contribution is 2.36. The molecule has 1 aliphatic rings. The highest BCUT2D eigenvalue weighted by molar-refractivity contribution is 9.10. The number of aromatic nitrogens is 1. The number of fused-ring (bicyclic) bond motifs is 1. The van der Waals surface area contributed by atoms with Crippen molar-refractivity contribution in [3.05, 3.63) is 64.5 Å². The molecule has 0 aliphatic carbocycles. The van der Waals surface area contributed by atoms with Crippen molar-refractivity contribution in [2.75, 3.05) is 50.6 Å². The van der Waals surface area contributed by atoms with Gasteiger partial charge in [-0.3, -0.25) is 14.7 Å². The Bertz CT molecular complexity index is 1320. The number of amides is 1. The van der Waals surface area contributed by atoms with Crippen molar-refractivity contribution < 1.29 is 18.7 Å². The molecule has 2 heterocycles. The number of nitrogens with zero attached hydrogens (tertiary/aromatic N) is 3. The smallest absolute Gasteiger partial charge is 0.248 e. The third-order valence-corrected chi connectivity index (χ3v) is 6.10. The van der Waals surface area contributed by atoms with Crippen LogP contribution in [0.15, 0.2) is 53.2 Å². The normalized spacial score (nSPS) is 14.1. The van der Waals surface area contributed by atoms with E-state index < -0.39 is 5.82 Å². The Labute approximate surface area is 210 Å². The molecule has 1 fully saturated rings. The molecule has 1 saturated heterocycles. The first kappa shape index (κ1) is 24.6. The number of carbonyl (C=O) groups is 1. The van der Waals surface area contributed by atoms with Gasteiger partial charge in [0.25, 0.3) is 0 Å². The van der Waals surface area contributed by atoms with Crippen molar-refractivity contribution in [1.29, 1.82) is 5.26 Å². The number of nitriles is 1. The molecule has 1 aromatic heterocycles. The van der Waals surface area contributed by atoms with Crippen LogP contribution in [0.25, 0.3) is 10.9 Å². The standard InChI is InChI=1S/C25H23BrFN5O3/c1-34-23-13-21-18(12-22(23)31-24(33)3-2-6-32-7-9-35-10-8-32)25(16(14-28)15-29-21)30-17-4-5-20(27)19(26)11-17/h2-5,11-13,15H,6-10H2,1H3,(H,29,30)(H,31,33)/b3-2+.